The average molecular weight is 395 g/mol. The standard InChI is InChI=1S/C21H22N4O2S/c1-13-9-10-16-17(22-13)7-4-8-18(16)24-19(26)11-15-12-28-21(23-15)25-20(27)14-5-2-3-6-14/h4,7-10,12,14H,2-3,5-6,11H2,1H3,(H,24,26)(H,23,25,27). The summed E-state index contributed by atoms with van der Waals surface area (Å²) in [4.78, 5) is 33.6. The second kappa shape index (κ2) is 8.06. The maximum atomic E-state index is 12.5. The highest BCUT2D eigenvalue weighted by molar-refractivity contribution is 7.13. The molecular weight excluding hydrogens is 372 g/mol. The Morgan fingerprint density at radius 1 is 1.11 bits per heavy atom. The first-order valence-corrected chi connectivity index (χ1v) is 10.4. The Hall–Kier alpha value is -2.80. The molecule has 7 heteroatoms. The maximum absolute atomic E-state index is 12.5. The number of aryl methyl sites for hydroxylation is 1. The SMILES string of the molecule is Cc1ccc2c(NC(=O)Cc3csc(NC(=O)C4CCCC4)n3)cccc2n1. The van der Waals surface area contributed by atoms with Gasteiger partial charge in [0, 0.05) is 22.4 Å². The lowest BCUT2D eigenvalue weighted by molar-refractivity contribution is -0.119. The number of hydrogen-bond acceptors (Lipinski definition) is 5. The molecule has 0 aliphatic heterocycles. The number of carbonyl (C=O) groups excluding carboxylic acids is 2. The van der Waals surface area contributed by atoms with Crippen LogP contribution in [-0.4, -0.2) is 21.8 Å². The molecule has 144 valence electrons. The number of rotatable bonds is 5. The van der Waals surface area contributed by atoms with E-state index in [2.05, 4.69) is 20.6 Å². The van der Waals surface area contributed by atoms with Gasteiger partial charge in [0.2, 0.25) is 11.8 Å². The topological polar surface area (TPSA) is 84.0 Å². The van der Waals surface area contributed by atoms with Gasteiger partial charge in [-0.25, -0.2) is 4.98 Å². The zero-order chi connectivity index (χ0) is 19.5. The van der Waals surface area contributed by atoms with Gasteiger partial charge in [0.15, 0.2) is 5.13 Å². The van der Waals surface area contributed by atoms with Gasteiger partial charge >= 0.3 is 0 Å². The van der Waals surface area contributed by atoms with Crippen LogP contribution in [0.4, 0.5) is 10.8 Å². The average Bonchev–Trinajstić information content (AvgIpc) is 3.34. The summed E-state index contributed by atoms with van der Waals surface area (Å²) >= 11 is 1.36. The summed E-state index contributed by atoms with van der Waals surface area (Å²) in [5, 5.41) is 9.11. The van der Waals surface area contributed by atoms with Crippen molar-refractivity contribution in [1.29, 1.82) is 0 Å². The molecule has 0 spiro atoms. The molecule has 1 aromatic carbocycles. The minimum Gasteiger partial charge on any atom is -0.325 e. The van der Waals surface area contributed by atoms with Crippen molar-refractivity contribution in [2.45, 2.75) is 39.0 Å². The van der Waals surface area contributed by atoms with Crippen molar-refractivity contribution in [3.05, 3.63) is 47.1 Å². The number of hydrogen-bond donors (Lipinski definition) is 2. The van der Waals surface area contributed by atoms with Crippen molar-refractivity contribution in [3.8, 4) is 0 Å². The first-order valence-electron chi connectivity index (χ1n) is 9.50. The van der Waals surface area contributed by atoms with Crippen LogP contribution >= 0.6 is 11.3 Å². The van der Waals surface area contributed by atoms with Crippen LogP contribution in [0.1, 0.15) is 37.1 Å². The third-order valence-electron chi connectivity index (χ3n) is 4.99. The zero-order valence-corrected chi connectivity index (χ0v) is 16.5. The lowest BCUT2D eigenvalue weighted by Gasteiger charge is -2.08. The second-order valence-corrected chi connectivity index (χ2v) is 8.02. The van der Waals surface area contributed by atoms with E-state index < -0.39 is 0 Å². The summed E-state index contributed by atoms with van der Waals surface area (Å²) in [5.41, 5.74) is 3.17. The Morgan fingerprint density at radius 2 is 1.93 bits per heavy atom. The van der Waals surface area contributed by atoms with Crippen molar-refractivity contribution < 1.29 is 9.59 Å². The van der Waals surface area contributed by atoms with Gasteiger partial charge in [0.1, 0.15) is 0 Å². The van der Waals surface area contributed by atoms with Gasteiger partial charge in [-0.05, 0) is 44.0 Å². The number of carbonyl (C=O) groups is 2. The molecule has 4 rings (SSSR count). The number of anilines is 2. The Balaban J connectivity index is 1.39. The van der Waals surface area contributed by atoms with Crippen molar-refractivity contribution in [2.24, 2.45) is 5.92 Å². The van der Waals surface area contributed by atoms with Gasteiger partial charge in [-0.3, -0.25) is 14.6 Å². The first kappa shape index (κ1) is 18.6. The normalized spacial score (nSPS) is 14.3. The van der Waals surface area contributed by atoms with Crippen LogP contribution in [0.25, 0.3) is 10.9 Å². The third kappa shape index (κ3) is 4.20. The Labute approximate surface area is 167 Å². The molecule has 2 amide bonds. The third-order valence-corrected chi connectivity index (χ3v) is 5.80. The smallest absolute Gasteiger partial charge is 0.230 e. The Morgan fingerprint density at radius 3 is 2.75 bits per heavy atom. The Bertz CT molecular complexity index is 1020. The number of fused-ring (bicyclic) bond motifs is 1. The fourth-order valence-corrected chi connectivity index (χ4v) is 4.28. The van der Waals surface area contributed by atoms with Gasteiger partial charge in [-0.1, -0.05) is 18.9 Å². The predicted molar refractivity (Wildman–Crippen MR) is 112 cm³/mol. The molecule has 0 bridgehead atoms. The highest BCUT2D eigenvalue weighted by atomic mass is 32.1. The fraction of sp³-hybridized carbons (Fsp3) is 0.333. The molecule has 0 atom stereocenters. The number of nitrogens with one attached hydrogen (secondary N) is 2. The molecule has 3 aromatic rings. The molecular formula is C21H22N4O2S. The molecule has 1 fully saturated rings. The number of nitrogens with zero attached hydrogens (tertiary/aromatic N) is 2. The van der Waals surface area contributed by atoms with E-state index in [1.165, 1.54) is 11.3 Å². The number of benzene rings is 1. The summed E-state index contributed by atoms with van der Waals surface area (Å²) in [6.07, 6.45) is 4.29. The molecule has 2 heterocycles. The molecule has 1 aliphatic rings. The van der Waals surface area contributed by atoms with Crippen molar-refractivity contribution in [3.63, 3.8) is 0 Å². The summed E-state index contributed by atoms with van der Waals surface area (Å²) in [6.45, 7) is 1.94. The van der Waals surface area contributed by atoms with Crippen LogP contribution in [0, 0.1) is 12.8 Å². The number of pyridine rings is 1. The van der Waals surface area contributed by atoms with E-state index in [0.29, 0.717) is 10.8 Å². The first-order chi connectivity index (χ1) is 13.6. The second-order valence-electron chi connectivity index (χ2n) is 7.16. The summed E-state index contributed by atoms with van der Waals surface area (Å²) in [5.74, 6) is -0.00676. The highest BCUT2D eigenvalue weighted by Crippen LogP contribution is 2.27. The van der Waals surface area contributed by atoms with Crippen LogP contribution < -0.4 is 10.6 Å². The quantitative estimate of drug-likeness (QED) is 0.675. The van der Waals surface area contributed by atoms with Crippen molar-refractivity contribution in [2.75, 3.05) is 10.6 Å². The molecule has 2 aromatic heterocycles. The molecule has 0 saturated heterocycles. The van der Waals surface area contributed by atoms with E-state index >= 15 is 0 Å². The molecule has 0 unspecified atom stereocenters. The lowest BCUT2D eigenvalue weighted by atomic mass is 10.1. The van der Waals surface area contributed by atoms with Gasteiger partial charge in [0.25, 0.3) is 0 Å². The number of aromatic nitrogens is 2. The molecule has 28 heavy (non-hydrogen) atoms. The summed E-state index contributed by atoms with van der Waals surface area (Å²) in [6, 6.07) is 9.57. The highest BCUT2D eigenvalue weighted by Gasteiger charge is 2.23. The Kier molecular flexibility index (Phi) is 5.34. The molecule has 1 aliphatic carbocycles. The monoisotopic (exact) mass is 394 g/mol. The minimum absolute atomic E-state index is 0.0430. The van der Waals surface area contributed by atoms with Crippen LogP contribution in [0.5, 0.6) is 0 Å². The molecule has 1 saturated carbocycles. The van der Waals surface area contributed by atoms with Crippen molar-refractivity contribution in [1.82, 2.24) is 9.97 Å². The van der Waals surface area contributed by atoms with Crippen LogP contribution in [-0.2, 0) is 16.0 Å². The van der Waals surface area contributed by atoms with Gasteiger partial charge in [0.05, 0.1) is 23.3 Å². The lowest BCUT2D eigenvalue weighted by Crippen LogP contribution is -2.20. The molecule has 2 N–H and O–H groups in total. The molecule has 0 radical (unpaired) electrons. The van der Waals surface area contributed by atoms with E-state index in [1.54, 1.807) is 0 Å². The van der Waals surface area contributed by atoms with Gasteiger partial charge in [-0.15, -0.1) is 11.3 Å². The fourth-order valence-electron chi connectivity index (χ4n) is 3.57. The van der Waals surface area contributed by atoms with Crippen LogP contribution in [0.15, 0.2) is 35.7 Å². The summed E-state index contributed by atoms with van der Waals surface area (Å²) in [7, 11) is 0. The predicted octanol–water partition coefficient (Wildman–Crippen LogP) is 4.31. The van der Waals surface area contributed by atoms with Gasteiger partial charge < -0.3 is 10.6 Å². The van der Waals surface area contributed by atoms with Crippen LogP contribution in [0.2, 0.25) is 0 Å². The zero-order valence-electron chi connectivity index (χ0n) is 15.7. The number of thiazole rings is 1. The largest absolute Gasteiger partial charge is 0.325 e. The number of amides is 2. The van der Waals surface area contributed by atoms with E-state index in [1.807, 2.05) is 42.6 Å². The van der Waals surface area contributed by atoms with Crippen LogP contribution in [0.3, 0.4) is 0 Å². The van der Waals surface area contributed by atoms with E-state index in [9.17, 15) is 9.59 Å². The van der Waals surface area contributed by atoms with Crippen molar-refractivity contribution >= 4 is 44.9 Å². The van der Waals surface area contributed by atoms with E-state index in [4.69, 9.17) is 0 Å². The molecule has 6 nitrogen and oxygen atoms in total. The van der Waals surface area contributed by atoms with E-state index in [0.717, 1.165) is 48.0 Å². The summed E-state index contributed by atoms with van der Waals surface area (Å²) < 4.78 is 0. The maximum Gasteiger partial charge on any atom is 0.230 e. The van der Waals surface area contributed by atoms with E-state index in [-0.39, 0.29) is 24.2 Å². The van der Waals surface area contributed by atoms with Gasteiger partial charge in [-0.2, -0.15) is 0 Å². The minimum atomic E-state index is -0.146.